The van der Waals surface area contributed by atoms with Crippen molar-refractivity contribution < 1.29 is 17.6 Å². The second-order valence-electron chi connectivity index (χ2n) is 3.13. The highest BCUT2D eigenvalue weighted by atomic mass is 19.1. The van der Waals surface area contributed by atoms with Crippen molar-refractivity contribution in [3.8, 4) is 11.1 Å². The average molecular weight is 225 g/mol. The molecule has 0 saturated carbocycles. The van der Waals surface area contributed by atoms with Gasteiger partial charge in [-0.25, -0.2) is 17.6 Å². The summed E-state index contributed by atoms with van der Waals surface area (Å²) in [5, 5.41) is 0. The van der Waals surface area contributed by atoms with Crippen molar-refractivity contribution in [2.24, 2.45) is 0 Å². The van der Waals surface area contributed by atoms with Gasteiger partial charge in [0.05, 0.1) is 11.6 Å². The van der Waals surface area contributed by atoms with Crippen molar-refractivity contribution in [3.63, 3.8) is 0 Å². The summed E-state index contributed by atoms with van der Waals surface area (Å²) in [5.74, 6) is -3.85. The van der Waals surface area contributed by atoms with Crippen LogP contribution in [-0.4, -0.2) is 0 Å². The molecule has 0 atom stereocenters. The Balaban J connectivity index is 2.68. The zero-order chi connectivity index (χ0) is 11.7. The van der Waals surface area contributed by atoms with Crippen molar-refractivity contribution in [1.29, 1.82) is 0 Å². The highest BCUT2D eigenvalue weighted by molar-refractivity contribution is 5.65. The fourth-order valence-corrected chi connectivity index (χ4v) is 1.39. The summed E-state index contributed by atoms with van der Waals surface area (Å²) < 4.78 is 52.5. The van der Waals surface area contributed by atoms with Crippen LogP contribution in [0.4, 0.5) is 17.6 Å². The first kappa shape index (κ1) is 10.7. The molecule has 0 bridgehead atoms. The molecule has 0 aliphatic carbocycles. The van der Waals surface area contributed by atoms with E-state index >= 15 is 0 Å². The number of benzene rings is 2. The van der Waals surface area contributed by atoms with E-state index in [1.165, 1.54) is 6.07 Å². The summed E-state index contributed by atoms with van der Waals surface area (Å²) >= 11 is 0. The number of halogens is 4. The summed E-state index contributed by atoms with van der Waals surface area (Å²) in [6.07, 6.45) is 0. The van der Waals surface area contributed by atoms with Crippen LogP contribution >= 0.6 is 0 Å². The Morgan fingerprint density at radius 3 is 2.00 bits per heavy atom. The fourth-order valence-electron chi connectivity index (χ4n) is 1.39. The Bertz CT molecular complexity index is 514. The van der Waals surface area contributed by atoms with Crippen LogP contribution in [-0.2, 0) is 0 Å². The monoisotopic (exact) mass is 225 g/mol. The van der Waals surface area contributed by atoms with E-state index in [1.54, 1.807) is 6.07 Å². The molecule has 0 aliphatic heterocycles. The van der Waals surface area contributed by atoms with Gasteiger partial charge in [0, 0.05) is 5.56 Å². The molecular formula is C12H5F4. The summed E-state index contributed by atoms with van der Waals surface area (Å²) in [6.45, 7) is 0. The highest BCUT2D eigenvalue weighted by Crippen LogP contribution is 2.28. The van der Waals surface area contributed by atoms with E-state index in [9.17, 15) is 17.6 Å². The minimum Gasteiger partial charge on any atom is -0.206 e. The minimum atomic E-state index is -1.12. The molecule has 0 heterocycles. The number of hydrogen-bond acceptors (Lipinski definition) is 0. The van der Waals surface area contributed by atoms with Gasteiger partial charge in [0.15, 0.2) is 0 Å². The predicted octanol–water partition coefficient (Wildman–Crippen LogP) is 3.71. The average Bonchev–Trinajstić information content (AvgIpc) is 2.20. The van der Waals surface area contributed by atoms with E-state index in [4.69, 9.17) is 0 Å². The van der Waals surface area contributed by atoms with Gasteiger partial charge in [-0.1, -0.05) is 6.07 Å². The molecule has 2 aromatic carbocycles. The third kappa shape index (κ3) is 1.78. The lowest BCUT2D eigenvalue weighted by Crippen LogP contribution is -1.93. The Hall–Kier alpha value is -1.84. The first-order valence-corrected chi connectivity index (χ1v) is 4.41. The summed E-state index contributed by atoms with van der Waals surface area (Å²) in [6, 6.07) is 6.76. The van der Waals surface area contributed by atoms with Gasteiger partial charge in [0.1, 0.15) is 23.3 Å². The van der Waals surface area contributed by atoms with Gasteiger partial charge in [-0.15, -0.1) is 0 Å². The van der Waals surface area contributed by atoms with Crippen LogP contribution in [0, 0.1) is 29.3 Å². The van der Waals surface area contributed by atoms with Crippen LogP contribution in [0.2, 0.25) is 0 Å². The molecule has 0 amide bonds. The molecule has 1 radical (unpaired) electrons. The van der Waals surface area contributed by atoms with Crippen molar-refractivity contribution in [2.45, 2.75) is 0 Å². The van der Waals surface area contributed by atoms with Gasteiger partial charge in [0.25, 0.3) is 0 Å². The molecule has 0 aromatic heterocycles. The topological polar surface area (TPSA) is 0 Å². The van der Waals surface area contributed by atoms with Gasteiger partial charge in [0.2, 0.25) is 0 Å². The van der Waals surface area contributed by atoms with E-state index in [0.717, 1.165) is 24.3 Å². The smallest absolute Gasteiger partial charge is 0.142 e. The third-order valence-corrected chi connectivity index (χ3v) is 2.09. The van der Waals surface area contributed by atoms with E-state index < -0.39 is 28.8 Å². The van der Waals surface area contributed by atoms with Crippen molar-refractivity contribution in [3.05, 3.63) is 59.7 Å². The van der Waals surface area contributed by atoms with Gasteiger partial charge < -0.3 is 0 Å². The lowest BCUT2D eigenvalue weighted by atomic mass is 10.0. The first-order valence-electron chi connectivity index (χ1n) is 4.41. The lowest BCUT2D eigenvalue weighted by Gasteiger charge is -2.05. The first-order chi connectivity index (χ1) is 7.59. The SMILES string of the molecule is Fc1[c]c(F)c(-c2c(F)cccc2F)cc1. The van der Waals surface area contributed by atoms with Crippen LogP contribution in [0.1, 0.15) is 0 Å². The lowest BCUT2D eigenvalue weighted by molar-refractivity contribution is 0.569. The van der Waals surface area contributed by atoms with Crippen LogP contribution in [0.15, 0.2) is 30.3 Å². The number of rotatable bonds is 1. The fraction of sp³-hybridized carbons (Fsp3) is 0. The second kappa shape index (κ2) is 3.96. The molecule has 0 aliphatic rings. The van der Waals surface area contributed by atoms with E-state index in [-0.39, 0.29) is 5.56 Å². The predicted molar refractivity (Wildman–Crippen MR) is 50.5 cm³/mol. The Morgan fingerprint density at radius 1 is 0.812 bits per heavy atom. The molecule has 81 valence electrons. The maximum Gasteiger partial charge on any atom is 0.142 e. The van der Waals surface area contributed by atoms with E-state index in [1.807, 2.05) is 0 Å². The summed E-state index contributed by atoms with van der Waals surface area (Å²) in [7, 11) is 0. The molecule has 0 unspecified atom stereocenters. The van der Waals surface area contributed by atoms with Crippen LogP contribution < -0.4 is 0 Å². The highest BCUT2D eigenvalue weighted by Gasteiger charge is 2.15. The summed E-state index contributed by atoms with van der Waals surface area (Å²) in [4.78, 5) is 0. The van der Waals surface area contributed by atoms with Crippen LogP contribution in [0.5, 0.6) is 0 Å². The van der Waals surface area contributed by atoms with Crippen LogP contribution in [0.3, 0.4) is 0 Å². The Labute approximate surface area is 89.2 Å². The van der Waals surface area contributed by atoms with Crippen molar-refractivity contribution >= 4 is 0 Å². The van der Waals surface area contributed by atoms with Crippen molar-refractivity contribution in [2.75, 3.05) is 0 Å². The summed E-state index contributed by atoms with van der Waals surface area (Å²) in [5.41, 5.74) is -0.867. The van der Waals surface area contributed by atoms with Gasteiger partial charge in [-0.2, -0.15) is 0 Å². The maximum atomic E-state index is 13.3. The standard InChI is InChI=1S/C12H5F4/c13-7-4-5-8(11(16)6-7)12-9(14)2-1-3-10(12)15/h1-5H. The Morgan fingerprint density at radius 2 is 1.44 bits per heavy atom. The van der Waals surface area contributed by atoms with E-state index in [0.29, 0.717) is 0 Å². The number of hydrogen-bond donors (Lipinski definition) is 0. The van der Waals surface area contributed by atoms with Gasteiger partial charge in [-0.3, -0.25) is 0 Å². The minimum absolute atomic E-state index is 0.350. The zero-order valence-corrected chi connectivity index (χ0v) is 7.90. The maximum absolute atomic E-state index is 13.3. The van der Waals surface area contributed by atoms with Gasteiger partial charge >= 0.3 is 0 Å². The molecule has 16 heavy (non-hydrogen) atoms. The molecular weight excluding hydrogens is 220 g/mol. The third-order valence-electron chi connectivity index (χ3n) is 2.09. The molecule has 0 nitrogen and oxygen atoms in total. The second-order valence-corrected chi connectivity index (χ2v) is 3.13. The molecule has 2 rings (SSSR count). The molecule has 4 heteroatoms. The van der Waals surface area contributed by atoms with Gasteiger partial charge in [-0.05, 0) is 24.3 Å². The molecule has 0 N–H and O–H groups in total. The van der Waals surface area contributed by atoms with Crippen molar-refractivity contribution in [1.82, 2.24) is 0 Å². The van der Waals surface area contributed by atoms with E-state index in [2.05, 4.69) is 0 Å². The Kier molecular flexibility index (Phi) is 2.64. The molecule has 0 saturated heterocycles. The largest absolute Gasteiger partial charge is 0.206 e. The zero-order valence-electron chi connectivity index (χ0n) is 7.90. The molecule has 0 fully saturated rings. The molecule has 2 aromatic rings. The quantitative estimate of drug-likeness (QED) is 0.649. The normalized spacial score (nSPS) is 10.5. The molecule has 0 spiro atoms. The van der Waals surface area contributed by atoms with Crippen LogP contribution in [0.25, 0.3) is 11.1 Å².